The van der Waals surface area contributed by atoms with E-state index in [1.807, 2.05) is 0 Å². The summed E-state index contributed by atoms with van der Waals surface area (Å²) in [6.45, 7) is 3.28. The molecule has 0 aliphatic heterocycles. The molecule has 0 saturated heterocycles. The highest BCUT2D eigenvalue weighted by Crippen LogP contribution is 2.29. The van der Waals surface area contributed by atoms with Crippen LogP contribution >= 0.6 is 0 Å². The third-order valence-corrected chi connectivity index (χ3v) is 2.91. The van der Waals surface area contributed by atoms with Crippen molar-refractivity contribution in [1.82, 2.24) is 4.98 Å². The van der Waals surface area contributed by atoms with Crippen molar-refractivity contribution in [2.75, 3.05) is 0 Å². The average Bonchev–Trinajstić information content (AvgIpc) is 2.40. The molecule has 0 bridgehead atoms. The maximum absolute atomic E-state index is 11.3. The van der Waals surface area contributed by atoms with Crippen LogP contribution in [0, 0.1) is 24.0 Å². The van der Waals surface area contributed by atoms with Gasteiger partial charge in [0.15, 0.2) is 0 Å². The number of carboxylic acid groups (broad SMARTS) is 1. The van der Waals surface area contributed by atoms with E-state index in [1.54, 1.807) is 19.9 Å². The summed E-state index contributed by atoms with van der Waals surface area (Å²) >= 11 is 0. The van der Waals surface area contributed by atoms with Gasteiger partial charge in [-0.3, -0.25) is 10.1 Å². The Morgan fingerprint density at radius 2 is 2.00 bits per heavy atom. The van der Waals surface area contributed by atoms with Crippen molar-refractivity contribution in [3.63, 3.8) is 0 Å². The summed E-state index contributed by atoms with van der Waals surface area (Å²) in [5.41, 5.74) is 0.946. The Labute approximate surface area is 120 Å². The number of aromatic carboxylic acids is 1. The van der Waals surface area contributed by atoms with Crippen LogP contribution in [0.25, 0.3) is 0 Å². The molecule has 0 aliphatic carbocycles. The first kappa shape index (κ1) is 14.4. The number of ether oxygens (including phenoxy) is 1. The number of carboxylic acids is 1. The van der Waals surface area contributed by atoms with Crippen LogP contribution in [0.2, 0.25) is 0 Å². The fourth-order valence-electron chi connectivity index (χ4n) is 1.84. The molecule has 0 saturated carbocycles. The van der Waals surface area contributed by atoms with E-state index in [2.05, 4.69) is 4.98 Å². The number of nitro benzene ring substituents is 1. The van der Waals surface area contributed by atoms with Crippen molar-refractivity contribution in [3.8, 4) is 11.6 Å². The molecule has 1 N–H and O–H groups in total. The van der Waals surface area contributed by atoms with E-state index >= 15 is 0 Å². The normalized spacial score (nSPS) is 10.2. The topological polar surface area (TPSA) is 103 Å². The summed E-state index contributed by atoms with van der Waals surface area (Å²) in [6.07, 6.45) is 1.44. The van der Waals surface area contributed by atoms with Crippen LogP contribution in [0.5, 0.6) is 11.6 Å². The second kappa shape index (κ2) is 5.58. The Balaban J connectivity index is 2.42. The summed E-state index contributed by atoms with van der Waals surface area (Å²) in [5.74, 6) is -0.865. The van der Waals surface area contributed by atoms with Gasteiger partial charge in [0.1, 0.15) is 11.3 Å². The number of pyridine rings is 1. The van der Waals surface area contributed by atoms with Gasteiger partial charge in [0.05, 0.1) is 4.92 Å². The van der Waals surface area contributed by atoms with E-state index in [1.165, 1.54) is 24.4 Å². The maximum atomic E-state index is 11.3. The van der Waals surface area contributed by atoms with E-state index in [4.69, 9.17) is 4.74 Å². The number of benzene rings is 1. The Kier molecular flexibility index (Phi) is 3.84. The number of hydrogen-bond acceptors (Lipinski definition) is 5. The number of rotatable bonds is 4. The number of carbonyl (C=O) groups is 1. The molecule has 0 spiro atoms. The minimum Gasteiger partial charge on any atom is -0.477 e. The first-order valence-electron chi connectivity index (χ1n) is 6.02. The smallest absolute Gasteiger partial charge is 0.341 e. The van der Waals surface area contributed by atoms with Gasteiger partial charge in [0.25, 0.3) is 5.69 Å². The highest BCUT2D eigenvalue weighted by atomic mass is 16.6. The van der Waals surface area contributed by atoms with Gasteiger partial charge < -0.3 is 9.84 Å². The second-order valence-corrected chi connectivity index (χ2v) is 4.42. The van der Waals surface area contributed by atoms with E-state index in [9.17, 15) is 20.0 Å². The molecular formula is C14H12N2O5. The lowest BCUT2D eigenvalue weighted by atomic mass is 10.1. The molecule has 1 heterocycles. The van der Waals surface area contributed by atoms with Gasteiger partial charge in [-0.15, -0.1) is 0 Å². The molecule has 7 heteroatoms. The molecule has 0 radical (unpaired) electrons. The largest absolute Gasteiger partial charge is 0.477 e. The van der Waals surface area contributed by atoms with E-state index in [0.29, 0.717) is 16.9 Å². The lowest BCUT2D eigenvalue weighted by Gasteiger charge is -2.11. The molecule has 0 aliphatic rings. The molecule has 0 unspecified atom stereocenters. The van der Waals surface area contributed by atoms with Crippen molar-refractivity contribution in [2.45, 2.75) is 13.8 Å². The minimum atomic E-state index is -1.14. The lowest BCUT2D eigenvalue weighted by molar-refractivity contribution is -0.384. The van der Waals surface area contributed by atoms with Crippen LogP contribution < -0.4 is 4.74 Å². The molecule has 0 atom stereocenters. The van der Waals surface area contributed by atoms with E-state index in [-0.39, 0.29) is 17.1 Å². The monoisotopic (exact) mass is 288 g/mol. The minimum absolute atomic E-state index is 0.0322. The van der Waals surface area contributed by atoms with Gasteiger partial charge in [-0.2, -0.15) is 0 Å². The molecule has 108 valence electrons. The molecular weight excluding hydrogens is 276 g/mol. The third-order valence-electron chi connectivity index (χ3n) is 2.91. The molecule has 2 rings (SSSR count). The zero-order chi connectivity index (χ0) is 15.6. The van der Waals surface area contributed by atoms with Gasteiger partial charge in [-0.05, 0) is 37.1 Å². The number of nitro groups is 1. The van der Waals surface area contributed by atoms with Crippen LogP contribution in [-0.4, -0.2) is 21.0 Å². The predicted octanol–water partition coefficient (Wildman–Crippen LogP) is 3.10. The SMILES string of the molecule is Cc1cc([N+](=O)[O-])ccc1Oc1nccc(C)c1C(=O)O. The van der Waals surface area contributed by atoms with Crippen molar-refractivity contribution >= 4 is 11.7 Å². The Morgan fingerprint density at radius 1 is 1.29 bits per heavy atom. The molecule has 21 heavy (non-hydrogen) atoms. The summed E-state index contributed by atoms with van der Waals surface area (Å²) in [7, 11) is 0. The number of aromatic nitrogens is 1. The van der Waals surface area contributed by atoms with Crippen LogP contribution in [0.4, 0.5) is 5.69 Å². The Hall–Kier alpha value is -2.96. The molecule has 0 fully saturated rings. The quantitative estimate of drug-likeness (QED) is 0.685. The zero-order valence-corrected chi connectivity index (χ0v) is 11.4. The fraction of sp³-hybridized carbons (Fsp3) is 0.143. The number of non-ortho nitro benzene ring substituents is 1. The van der Waals surface area contributed by atoms with Crippen LogP contribution in [0.1, 0.15) is 21.5 Å². The fourth-order valence-corrected chi connectivity index (χ4v) is 1.84. The maximum Gasteiger partial charge on any atom is 0.341 e. The van der Waals surface area contributed by atoms with Gasteiger partial charge in [0.2, 0.25) is 5.88 Å². The number of hydrogen-bond donors (Lipinski definition) is 1. The molecule has 2 aromatic rings. The van der Waals surface area contributed by atoms with Gasteiger partial charge >= 0.3 is 5.97 Å². The van der Waals surface area contributed by atoms with Gasteiger partial charge in [-0.25, -0.2) is 9.78 Å². The first-order chi connectivity index (χ1) is 9.90. The standard InChI is InChI=1S/C14H12N2O5/c1-8-5-6-15-13(12(8)14(17)18)21-11-4-3-10(16(19)20)7-9(11)2/h3-7H,1-2H3,(H,17,18). The highest BCUT2D eigenvalue weighted by Gasteiger charge is 2.18. The zero-order valence-electron chi connectivity index (χ0n) is 11.4. The number of aryl methyl sites for hydroxylation is 2. The molecule has 0 amide bonds. The van der Waals surface area contributed by atoms with Crippen molar-refractivity contribution < 1.29 is 19.6 Å². The van der Waals surface area contributed by atoms with Crippen LogP contribution in [-0.2, 0) is 0 Å². The number of nitrogens with zero attached hydrogens (tertiary/aromatic N) is 2. The van der Waals surface area contributed by atoms with E-state index < -0.39 is 10.9 Å². The van der Waals surface area contributed by atoms with Crippen LogP contribution in [0.3, 0.4) is 0 Å². The predicted molar refractivity (Wildman–Crippen MR) is 73.8 cm³/mol. The first-order valence-corrected chi connectivity index (χ1v) is 6.02. The van der Waals surface area contributed by atoms with E-state index in [0.717, 1.165) is 0 Å². The van der Waals surface area contributed by atoms with Crippen molar-refractivity contribution in [3.05, 3.63) is 57.3 Å². The highest BCUT2D eigenvalue weighted by molar-refractivity contribution is 5.91. The van der Waals surface area contributed by atoms with Gasteiger partial charge in [-0.1, -0.05) is 0 Å². The van der Waals surface area contributed by atoms with Crippen LogP contribution in [0.15, 0.2) is 30.5 Å². The molecule has 1 aromatic carbocycles. The van der Waals surface area contributed by atoms with Gasteiger partial charge in [0, 0.05) is 18.3 Å². The summed E-state index contributed by atoms with van der Waals surface area (Å²) in [4.78, 5) is 25.3. The average molecular weight is 288 g/mol. The second-order valence-electron chi connectivity index (χ2n) is 4.42. The summed E-state index contributed by atoms with van der Waals surface area (Å²) < 4.78 is 5.50. The summed E-state index contributed by atoms with van der Waals surface area (Å²) in [5, 5.41) is 19.9. The molecule has 1 aromatic heterocycles. The Bertz CT molecular complexity index is 727. The third kappa shape index (κ3) is 2.97. The van der Waals surface area contributed by atoms with Crippen molar-refractivity contribution in [1.29, 1.82) is 0 Å². The van der Waals surface area contributed by atoms with Crippen molar-refractivity contribution in [2.24, 2.45) is 0 Å². The summed E-state index contributed by atoms with van der Waals surface area (Å²) in [6, 6.07) is 5.63. The lowest BCUT2D eigenvalue weighted by Crippen LogP contribution is -2.05. The Morgan fingerprint density at radius 3 is 2.57 bits per heavy atom. The molecule has 7 nitrogen and oxygen atoms in total.